The van der Waals surface area contributed by atoms with Crippen LogP contribution in [0.15, 0.2) is 22.2 Å². The molecule has 2 rings (SSSR count). The van der Waals surface area contributed by atoms with Gasteiger partial charge in [-0.25, -0.2) is 4.79 Å². The van der Waals surface area contributed by atoms with E-state index >= 15 is 0 Å². The maximum atomic E-state index is 12.2. The first kappa shape index (κ1) is 16.6. The van der Waals surface area contributed by atoms with Gasteiger partial charge >= 0.3 is 5.97 Å². The number of aliphatic carboxylic acids is 1. The number of fused-ring (bicyclic) bond motifs is 1. The van der Waals surface area contributed by atoms with Gasteiger partial charge in [0, 0.05) is 24.4 Å². The van der Waals surface area contributed by atoms with E-state index in [2.05, 4.69) is 5.32 Å². The molecule has 7 nitrogen and oxygen atoms in total. The van der Waals surface area contributed by atoms with Crippen LogP contribution in [0.4, 0.5) is 0 Å². The summed E-state index contributed by atoms with van der Waals surface area (Å²) in [5.41, 5.74) is -1.22. The molecule has 8 heteroatoms. The van der Waals surface area contributed by atoms with Crippen molar-refractivity contribution in [3.63, 3.8) is 0 Å². The second kappa shape index (κ2) is 5.77. The van der Waals surface area contributed by atoms with E-state index in [-0.39, 0.29) is 23.6 Å². The minimum absolute atomic E-state index is 0.0343. The van der Waals surface area contributed by atoms with Gasteiger partial charge < -0.3 is 20.4 Å². The van der Waals surface area contributed by atoms with Crippen LogP contribution in [0.2, 0.25) is 0 Å². The van der Waals surface area contributed by atoms with Gasteiger partial charge in [-0.3, -0.25) is 9.59 Å². The van der Waals surface area contributed by atoms with Gasteiger partial charge in [0.2, 0.25) is 11.8 Å². The topological polar surface area (TPSA) is 107 Å². The molecule has 2 aliphatic heterocycles. The summed E-state index contributed by atoms with van der Waals surface area (Å²) in [6.07, 6.45) is 1.81. The monoisotopic (exact) mass is 326 g/mol. The molecule has 0 aromatic rings. The molecule has 2 atom stereocenters. The number of carboxylic acids is 1. The molecule has 2 heterocycles. The fraction of sp³-hybridized carbons (Fsp3) is 0.500. The van der Waals surface area contributed by atoms with Crippen molar-refractivity contribution in [3.05, 3.63) is 22.2 Å². The van der Waals surface area contributed by atoms with Crippen LogP contribution in [-0.2, 0) is 14.4 Å². The summed E-state index contributed by atoms with van der Waals surface area (Å²) < 4.78 is 0. The standard InChI is InChI=1S/C14H18N2O5S/c1-7(17)15-4-5-22-9-6-8-10(14(2,3)21)12(18)16(8)11(9)13(19)20/h4-5,8,10,21H,6H2,1-3H3,(H,15,17)(H,19,20)/b5-4+/t8-,10+/m1/s1. The van der Waals surface area contributed by atoms with Gasteiger partial charge in [0.05, 0.1) is 17.6 Å². The van der Waals surface area contributed by atoms with Crippen LogP contribution >= 0.6 is 11.8 Å². The predicted molar refractivity (Wildman–Crippen MR) is 80.2 cm³/mol. The molecule has 0 bridgehead atoms. The summed E-state index contributed by atoms with van der Waals surface area (Å²) in [4.78, 5) is 36.1. The molecule has 22 heavy (non-hydrogen) atoms. The van der Waals surface area contributed by atoms with Crippen LogP contribution < -0.4 is 5.32 Å². The lowest BCUT2D eigenvalue weighted by Gasteiger charge is -2.48. The van der Waals surface area contributed by atoms with E-state index < -0.39 is 17.5 Å². The van der Waals surface area contributed by atoms with Gasteiger partial charge in [-0.15, -0.1) is 0 Å². The fourth-order valence-corrected chi connectivity index (χ4v) is 3.68. The van der Waals surface area contributed by atoms with Crippen molar-refractivity contribution in [2.24, 2.45) is 5.92 Å². The Bertz CT molecular complexity index is 591. The minimum atomic E-state index is -1.19. The summed E-state index contributed by atoms with van der Waals surface area (Å²) in [5.74, 6) is -2.35. The number of hydrogen-bond donors (Lipinski definition) is 3. The average molecular weight is 326 g/mol. The highest BCUT2D eigenvalue weighted by atomic mass is 32.2. The number of β-lactam (4-membered cyclic amide) rings is 1. The first-order valence-corrected chi connectivity index (χ1v) is 7.63. The zero-order valence-corrected chi connectivity index (χ0v) is 13.3. The number of rotatable bonds is 5. The molecule has 1 fully saturated rings. The van der Waals surface area contributed by atoms with Crippen LogP contribution in [-0.4, -0.2) is 44.5 Å². The zero-order valence-electron chi connectivity index (χ0n) is 12.5. The molecule has 0 aromatic heterocycles. The quantitative estimate of drug-likeness (QED) is 0.640. The van der Waals surface area contributed by atoms with Crippen LogP contribution in [0.3, 0.4) is 0 Å². The number of amides is 2. The molecule has 120 valence electrons. The van der Waals surface area contributed by atoms with Gasteiger partial charge in [-0.05, 0) is 19.3 Å². The Kier molecular flexibility index (Phi) is 4.35. The van der Waals surface area contributed by atoms with E-state index in [0.29, 0.717) is 11.3 Å². The van der Waals surface area contributed by atoms with E-state index in [0.717, 1.165) is 11.8 Å². The minimum Gasteiger partial charge on any atom is -0.477 e. The number of aliphatic hydroxyl groups is 1. The van der Waals surface area contributed by atoms with Crippen molar-refractivity contribution in [2.45, 2.75) is 38.8 Å². The second-order valence-corrected chi connectivity index (χ2v) is 6.81. The second-order valence-electron chi connectivity index (χ2n) is 5.81. The molecule has 3 N–H and O–H groups in total. The van der Waals surface area contributed by atoms with E-state index in [1.807, 2.05) is 0 Å². The Labute approximate surface area is 132 Å². The summed E-state index contributed by atoms with van der Waals surface area (Å²) in [5, 5.41) is 23.4. The molecule has 0 spiro atoms. The molecule has 0 aliphatic carbocycles. The van der Waals surface area contributed by atoms with E-state index in [1.165, 1.54) is 18.0 Å². The Balaban J connectivity index is 2.17. The highest BCUT2D eigenvalue weighted by Gasteiger charge is 2.59. The van der Waals surface area contributed by atoms with E-state index in [1.54, 1.807) is 19.3 Å². The zero-order chi connectivity index (χ0) is 16.7. The molecule has 0 radical (unpaired) electrons. The number of hydrogen-bond acceptors (Lipinski definition) is 5. The van der Waals surface area contributed by atoms with Crippen molar-refractivity contribution in [1.29, 1.82) is 0 Å². The Hall–Kier alpha value is -1.80. The largest absolute Gasteiger partial charge is 0.477 e. The van der Waals surface area contributed by atoms with Crippen molar-refractivity contribution in [1.82, 2.24) is 10.2 Å². The smallest absolute Gasteiger partial charge is 0.353 e. The predicted octanol–water partition coefficient (Wildman–Crippen LogP) is 0.625. The Morgan fingerprint density at radius 3 is 2.59 bits per heavy atom. The van der Waals surface area contributed by atoms with Gasteiger partial charge in [-0.1, -0.05) is 11.8 Å². The molecule has 0 aromatic carbocycles. The van der Waals surface area contributed by atoms with Gasteiger partial charge in [-0.2, -0.15) is 0 Å². The number of thioether (sulfide) groups is 1. The molecule has 2 aliphatic rings. The molecule has 2 amide bonds. The summed E-state index contributed by atoms with van der Waals surface area (Å²) in [7, 11) is 0. The van der Waals surface area contributed by atoms with Crippen molar-refractivity contribution in [2.75, 3.05) is 0 Å². The molecule has 1 saturated heterocycles. The van der Waals surface area contributed by atoms with Crippen LogP contribution in [0.25, 0.3) is 0 Å². The number of carbonyl (C=O) groups is 3. The third kappa shape index (κ3) is 2.89. The lowest BCUT2D eigenvalue weighted by molar-refractivity contribution is -0.169. The fourth-order valence-electron chi connectivity index (χ4n) is 2.82. The first-order valence-electron chi connectivity index (χ1n) is 6.75. The van der Waals surface area contributed by atoms with Gasteiger partial charge in [0.1, 0.15) is 5.70 Å². The summed E-state index contributed by atoms with van der Waals surface area (Å²) in [6.45, 7) is 4.47. The number of nitrogens with zero attached hydrogens (tertiary/aromatic N) is 1. The van der Waals surface area contributed by atoms with Crippen molar-refractivity contribution in [3.8, 4) is 0 Å². The first-order chi connectivity index (χ1) is 10.1. The van der Waals surface area contributed by atoms with E-state index in [4.69, 9.17) is 0 Å². The lowest BCUT2D eigenvalue weighted by Crippen LogP contribution is -2.65. The van der Waals surface area contributed by atoms with Crippen LogP contribution in [0.5, 0.6) is 0 Å². The lowest BCUT2D eigenvalue weighted by atomic mass is 9.76. The third-order valence-corrected chi connectivity index (χ3v) is 4.56. The molecular formula is C14H18N2O5S. The van der Waals surface area contributed by atoms with Gasteiger partial charge in [0.25, 0.3) is 0 Å². The molecule has 0 saturated carbocycles. The highest BCUT2D eigenvalue weighted by molar-refractivity contribution is 8.05. The van der Waals surface area contributed by atoms with Crippen molar-refractivity contribution >= 4 is 29.5 Å². The van der Waals surface area contributed by atoms with Gasteiger partial charge in [0.15, 0.2) is 0 Å². The third-order valence-electron chi connectivity index (χ3n) is 3.65. The van der Waals surface area contributed by atoms with Crippen LogP contribution in [0.1, 0.15) is 27.2 Å². The highest BCUT2D eigenvalue weighted by Crippen LogP contribution is 2.49. The van der Waals surface area contributed by atoms with Crippen LogP contribution in [0, 0.1) is 5.92 Å². The summed E-state index contributed by atoms with van der Waals surface area (Å²) in [6, 6.07) is -0.324. The number of carboxylic acid groups (broad SMARTS) is 1. The molecular weight excluding hydrogens is 308 g/mol. The number of nitrogens with one attached hydrogen (secondary N) is 1. The molecule has 0 unspecified atom stereocenters. The normalized spacial score (nSPS) is 24.5. The maximum absolute atomic E-state index is 12.2. The SMILES string of the molecule is CC(=O)N/C=C/SC1=C(C(=O)O)N2C(=O)[C@@H](C(C)(C)O)[C@H]2C1. The Morgan fingerprint density at radius 1 is 1.45 bits per heavy atom. The number of carbonyl (C=O) groups excluding carboxylic acids is 2. The van der Waals surface area contributed by atoms with E-state index in [9.17, 15) is 24.6 Å². The van der Waals surface area contributed by atoms with Crippen molar-refractivity contribution < 1.29 is 24.6 Å². The Morgan fingerprint density at radius 2 is 2.09 bits per heavy atom. The maximum Gasteiger partial charge on any atom is 0.353 e. The average Bonchev–Trinajstić information content (AvgIpc) is 2.67. The summed E-state index contributed by atoms with van der Waals surface area (Å²) >= 11 is 1.15.